The third kappa shape index (κ3) is 2.32. The largest absolute Gasteiger partial charge is 0.412 e. The molecule has 3 heteroatoms. The summed E-state index contributed by atoms with van der Waals surface area (Å²) in [5, 5.41) is 0. The van der Waals surface area contributed by atoms with Gasteiger partial charge in [-0.15, -0.1) is 0 Å². The fourth-order valence-electron chi connectivity index (χ4n) is 1.30. The average molecular weight is 192 g/mol. The van der Waals surface area contributed by atoms with E-state index in [4.69, 9.17) is 4.43 Å². The molecule has 0 saturated heterocycles. The Kier molecular flexibility index (Phi) is 3.51. The normalized spacial score (nSPS) is 12.6. The molecule has 69 valence electrons. The summed E-state index contributed by atoms with van der Waals surface area (Å²) < 4.78 is 5.11. The molecule has 13 heavy (non-hydrogen) atoms. The maximum absolute atomic E-state index is 5.11. The number of hydrogen-bond acceptors (Lipinski definition) is 2. The van der Waals surface area contributed by atoms with E-state index in [9.17, 15) is 0 Å². The Morgan fingerprint density at radius 2 is 1.92 bits per heavy atom. The van der Waals surface area contributed by atoms with Crippen molar-refractivity contribution in [1.82, 2.24) is 0 Å². The topological polar surface area (TPSA) is 12.5 Å². The van der Waals surface area contributed by atoms with Gasteiger partial charge in [-0.05, 0) is 13.0 Å². The highest BCUT2D eigenvalue weighted by molar-refractivity contribution is 5.98. The number of rotatable bonds is 3. The smallest absolute Gasteiger partial charge is 0.247 e. The maximum Gasteiger partial charge on any atom is 0.247 e. The Morgan fingerprint density at radius 1 is 1.31 bits per heavy atom. The molecule has 0 aromatic heterocycles. The molecular formula is C10H14NOSi. The van der Waals surface area contributed by atoms with E-state index in [2.05, 4.69) is 27.5 Å². The molecule has 0 aliphatic carbocycles. The predicted octanol–water partition coefficient (Wildman–Crippen LogP) is 1.91. The predicted molar refractivity (Wildman–Crippen MR) is 56.0 cm³/mol. The van der Waals surface area contributed by atoms with Crippen LogP contribution in [0.3, 0.4) is 0 Å². The molecule has 2 nitrogen and oxygen atoms in total. The molecule has 0 fully saturated rings. The van der Waals surface area contributed by atoms with Gasteiger partial charge in [-0.1, -0.05) is 18.2 Å². The van der Waals surface area contributed by atoms with E-state index < -0.39 is 0 Å². The molecule has 1 aromatic carbocycles. The van der Waals surface area contributed by atoms with Crippen molar-refractivity contribution in [3.63, 3.8) is 0 Å². The molecule has 0 aliphatic rings. The van der Waals surface area contributed by atoms with Crippen LogP contribution in [0.5, 0.6) is 0 Å². The Balaban J connectivity index is 3.04. The van der Waals surface area contributed by atoms with E-state index in [1.807, 2.05) is 33.2 Å². The van der Waals surface area contributed by atoms with Crippen LogP contribution in [-0.4, -0.2) is 24.6 Å². The van der Waals surface area contributed by atoms with Gasteiger partial charge < -0.3 is 9.33 Å². The fourth-order valence-corrected chi connectivity index (χ4v) is 1.43. The summed E-state index contributed by atoms with van der Waals surface area (Å²) in [6, 6.07) is 8.19. The zero-order chi connectivity index (χ0) is 9.84. The first-order chi connectivity index (χ1) is 6.16. The van der Waals surface area contributed by atoms with Crippen molar-refractivity contribution < 1.29 is 4.43 Å². The van der Waals surface area contributed by atoms with Crippen molar-refractivity contribution in [3.05, 3.63) is 29.8 Å². The van der Waals surface area contributed by atoms with Gasteiger partial charge in [0.1, 0.15) is 0 Å². The first-order valence-electron chi connectivity index (χ1n) is 4.25. The van der Waals surface area contributed by atoms with E-state index in [0.717, 1.165) is 0 Å². The van der Waals surface area contributed by atoms with Gasteiger partial charge in [0.15, 0.2) is 0 Å². The van der Waals surface area contributed by atoms with Crippen LogP contribution in [0.25, 0.3) is 0 Å². The molecule has 0 amide bonds. The van der Waals surface area contributed by atoms with E-state index in [1.54, 1.807) is 0 Å². The number of anilines is 1. The number of benzene rings is 1. The summed E-state index contributed by atoms with van der Waals surface area (Å²) in [5.74, 6) is 0. The van der Waals surface area contributed by atoms with Crippen molar-refractivity contribution >= 4 is 16.2 Å². The highest BCUT2D eigenvalue weighted by Crippen LogP contribution is 2.25. The zero-order valence-electron chi connectivity index (χ0n) is 8.24. The Hall–Kier alpha value is -0.803. The van der Waals surface area contributed by atoms with Gasteiger partial charge in [0.05, 0.1) is 6.10 Å². The number of nitrogens with zero attached hydrogens (tertiary/aromatic N) is 1. The lowest BCUT2D eigenvalue weighted by Gasteiger charge is -2.20. The molecule has 1 rings (SSSR count). The van der Waals surface area contributed by atoms with Crippen molar-refractivity contribution in [3.8, 4) is 0 Å². The summed E-state index contributed by atoms with van der Waals surface area (Å²) in [7, 11) is 7.12. The lowest BCUT2D eigenvalue weighted by Crippen LogP contribution is -2.12. The van der Waals surface area contributed by atoms with Gasteiger partial charge in [-0.3, -0.25) is 0 Å². The molecule has 1 aromatic rings. The van der Waals surface area contributed by atoms with Gasteiger partial charge >= 0.3 is 0 Å². The van der Waals surface area contributed by atoms with Crippen molar-refractivity contribution in [1.29, 1.82) is 0 Å². The molecule has 0 N–H and O–H groups in total. The highest BCUT2D eigenvalue weighted by atomic mass is 28.2. The van der Waals surface area contributed by atoms with Gasteiger partial charge in [0.25, 0.3) is 0 Å². The summed E-state index contributed by atoms with van der Waals surface area (Å²) in [6.07, 6.45) is 0.0651. The van der Waals surface area contributed by atoms with Crippen LogP contribution in [0.4, 0.5) is 5.69 Å². The summed E-state index contributed by atoms with van der Waals surface area (Å²) in [6.45, 7) is 2.01. The molecule has 3 radical (unpaired) electrons. The molecule has 0 heterocycles. The van der Waals surface area contributed by atoms with E-state index in [0.29, 0.717) is 0 Å². The van der Waals surface area contributed by atoms with Gasteiger partial charge in [-0.25, -0.2) is 0 Å². The summed E-state index contributed by atoms with van der Waals surface area (Å²) in [5.41, 5.74) is 2.37. The van der Waals surface area contributed by atoms with Crippen LogP contribution >= 0.6 is 0 Å². The lowest BCUT2D eigenvalue weighted by molar-refractivity contribution is 0.251. The van der Waals surface area contributed by atoms with E-state index in [1.165, 1.54) is 11.3 Å². The highest BCUT2D eigenvalue weighted by Gasteiger charge is 2.09. The second kappa shape index (κ2) is 4.44. The van der Waals surface area contributed by atoms with Gasteiger partial charge in [0.2, 0.25) is 10.5 Å². The minimum Gasteiger partial charge on any atom is -0.412 e. The zero-order valence-corrected chi connectivity index (χ0v) is 9.24. The Bertz CT molecular complexity index is 275. The van der Waals surface area contributed by atoms with Gasteiger partial charge in [0, 0.05) is 25.3 Å². The van der Waals surface area contributed by atoms with Gasteiger partial charge in [-0.2, -0.15) is 0 Å². The molecule has 1 unspecified atom stereocenters. The third-order valence-electron chi connectivity index (χ3n) is 2.03. The van der Waals surface area contributed by atoms with Crippen LogP contribution in [0.1, 0.15) is 18.6 Å². The molecule has 0 aliphatic heterocycles. The first kappa shape index (κ1) is 10.3. The molecule has 0 spiro atoms. The minimum atomic E-state index is 0.0651. The molecule has 0 bridgehead atoms. The fraction of sp³-hybridized carbons (Fsp3) is 0.400. The van der Waals surface area contributed by atoms with Crippen LogP contribution in [0.15, 0.2) is 24.3 Å². The molecule has 1 atom stereocenters. The van der Waals surface area contributed by atoms with Crippen molar-refractivity contribution in [2.45, 2.75) is 13.0 Å². The summed E-state index contributed by atoms with van der Waals surface area (Å²) >= 11 is 0. The standard InChI is InChI=1S/C10H14NOSi/c1-8(12-13)9-6-4-5-7-10(9)11(2)3/h4-8H,1-3H3. The molecule has 0 saturated carbocycles. The average Bonchev–Trinajstić information content (AvgIpc) is 2.16. The first-order valence-corrected chi connectivity index (χ1v) is 4.66. The quantitative estimate of drug-likeness (QED) is 0.678. The summed E-state index contributed by atoms with van der Waals surface area (Å²) in [4.78, 5) is 2.08. The van der Waals surface area contributed by atoms with Crippen LogP contribution in [-0.2, 0) is 4.43 Å². The maximum atomic E-state index is 5.11. The van der Waals surface area contributed by atoms with E-state index >= 15 is 0 Å². The van der Waals surface area contributed by atoms with E-state index in [-0.39, 0.29) is 6.10 Å². The number of para-hydroxylation sites is 1. The van der Waals surface area contributed by atoms with Crippen LogP contribution < -0.4 is 4.90 Å². The van der Waals surface area contributed by atoms with Crippen LogP contribution in [0.2, 0.25) is 0 Å². The Morgan fingerprint density at radius 3 is 2.46 bits per heavy atom. The van der Waals surface area contributed by atoms with Crippen molar-refractivity contribution in [2.24, 2.45) is 0 Å². The monoisotopic (exact) mass is 192 g/mol. The Labute approximate surface area is 83.1 Å². The number of hydrogen-bond donors (Lipinski definition) is 0. The minimum absolute atomic E-state index is 0.0651. The second-order valence-corrected chi connectivity index (χ2v) is 3.45. The molecular weight excluding hydrogens is 178 g/mol. The lowest BCUT2D eigenvalue weighted by atomic mass is 10.1. The third-order valence-corrected chi connectivity index (χ3v) is 2.39. The van der Waals surface area contributed by atoms with Crippen LogP contribution in [0, 0.1) is 0 Å². The SMILES string of the molecule is CC(O[Si])c1ccccc1N(C)C. The van der Waals surface area contributed by atoms with Crippen molar-refractivity contribution in [2.75, 3.05) is 19.0 Å². The second-order valence-electron chi connectivity index (χ2n) is 3.21.